The molecule has 0 unspecified atom stereocenters. The first kappa shape index (κ1) is 12.4. The maximum absolute atomic E-state index is 13.7. The highest BCUT2D eigenvalue weighted by atomic mass is 19.1. The normalized spacial score (nSPS) is 17.1. The first-order valence-electron chi connectivity index (χ1n) is 6.14. The second kappa shape index (κ2) is 6.01. The largest absolute Gasteiger partial charge is 0.464 e. The fraction of sp³-hybridized carbons (Fsp3) is 0.571. The summed E-state index contributed by atoms with van der Waals surface area (Å²) in [6, 6.07) is 6.10. The van der Waals surface area contributed by atoms with Crippen LogP contribution in [0, 0.1) is 11.9 Å². The Bertz CT molecular complexity index is 359. The van der Waals surface area contributed by atoms with Crippen molar-refractivity contribution in [2.24, 2.45) is 0 Å². The lowest BCUT2D eigenvalue weighted by Crippen LogP contribution is -2.09. The molecule has 0 N–H and O–H groups in total. The lowest BCUT2D eigenvalue weighted by molar-refractivity contribution is 0.0470. The molecule has 1 fully saturated rings. The Morgan fingerprint density at radius 3 is 2.82 bits per heavy atom. The number of halogens is 1. The van der Waals surface area contributed by atoms with Crippen LogP contribution in [0.3, 0.4) is 0 Å². The van der Waals surface area contributed by atoms with E-state index in [1.54, 1.807) is 6.07 Å². The number of hydrogen-bond acceptors (Lipinski definition) is 2. The van der Waals surface area contributed by atoms with E-state index in [9.17, 15) is 4.39 Å². The van der Waals surface area contributed by atoms with Crippen molar-refractivity contribution in [1.82, 2.24) is 0 Å². The van der Waals surface area contributed by atoms with E-state index >= 15 is 0 Å². The lowest BCUT2D eigenvalue weighted by Gasteiger charge is -2.24. The lowest BCUT2D eigenvalue weighted by atomic mass is 9.83. The average molecular weight is 237 g/mol. The summed E-state index contributed by atoms with van der Waals surface area (Å²) < 4.78 is 23.9. The highest BCUT2D eigenvalue weighted by Crippen LogP contribution is 2.38. The smallest absolute Gasteiger partial charge is 0.188 e. The van der Waals surface area contributed by atoms with Crippen molar-refractivity contribution >= 4 is 0 Å². The van der Waals surface area contributed by atoms with Crippen molar-refractivity contribution in [1.29, 1.82) is 0 Å². The van der Waals surface area contributed by atoms with Gasteiger partial charge in [-0.2, -0.15) is 0 Å². The predicted molar refractivity (Wildman–Crippen MR) is 63.6 cm³/mol. The third kappa shape index (κ3) is 2.97. The summed E-state index contributed by atoms with van der Waals surface area (Å²) >= 11 is 0. The minimum atomic E-state index is -0.412. The molecule has 1 radical (unpaired) electrons. The Hall–Kier alpha value is -1.09. The van der Waals surface area contributed by atoms with Crippen LogP contribution in [0.2, 0.25) is 0 Å². The molecule has 0 bridgehead atoms. The van der Waals surface area contributed by atoms with Gasteiger partial charge >= 0.3 is 0 Å². The van der Waals surface area contributed by atoms with Gasteiger partial charge in [0.05, 0.1) is 0 Å². The highest BCUT2D eigenvalue weighted by Gasteiger charge is 2.21. The molecule has 3 heteroatoms. The van der Waals surface area contributed by atoms with Crippen molar-refractivity contribution in [3.63, 3.8) is 0 Å². The predicted octanol–water partition coefficient (Wildman–Crippen LogP) is 3.66. The molecule has 2 rings (SSSR count). The fourth-order valence-corrected chi connectivity index (χ4v) is 2.47. The molecule has 1 aromatic carbocycles. The molecule has 0 spiro atoms. The van der Waals surface area contributed by atoms with Gasteiger partial charge in [-0.3, -0.25) is 0 Å². The average Bonchev–Trinajstić information content (AvgIpc) is 2.38. The van der Waals surface area contributed by atoms with Gasteiger partial charge in [0, 0.05) is 18.7 Å². The van der Waals surface area contributed by atoms with Gasteiger partial charge in [-0.25, -0.2) is 4.39 Å². The Balaban J connectivity index is 2.21. The van der Waals surface area contributed by atoms with Crippen LogP contribution in [0.4, 0.5) is 4.39 Å². The van der Waals surface area contributed by atoms with E-state index in [0.717, 1.165) is 18.4 Å². The second-order valence-electron chi connectivity index (χ2n) is 4.46. The van der Waals surface area contributed by atoms with E-state index in [2.05, 4.69) is 6.07 Å². The van der Waals surface area contributed by atoms with Crippen LogP contribution in [0.25, 0.3) is 0 Å². The summed E-state index contributed by atoms with van der Waals surface area (Å²) in [5, 5.41) is 0. The van der Waals surface area contributed by atoms with Crippen molar-refractivity contribution < 1.29 is 13.9 Å². The Kier molecular flexibility index (Phi) is 4.37. The second-order valence-corrected chi connectivity index (χ2v) is 4.46. The van der Waals surface area contributed by atoms with Crippen LogP contribution < -0.4 is 4.74 Å². The maximum Gasteiger partial charge on any atom is 0.188 e. The van der Waals surface area contributed by atoms with Gasteiger partial charge in [-0.05, 0) is 18.8 Å². The van der Waals surface area contributed by atoms with Crippen LogP contribution >= 0.6 is 0 Å². The van der Waals surface area contributed by atoms with Gasteiger partial charge in [-0.15, -0.1) is 0 Å². The van der Waals surface area contributed by atoms with E-state index in [1.165, 1.54) is 26.4 Å². The quantitative estimate of drug-likeness (QED) is 0.744. The summed E-state index contributed by atoms with van der Waals surface area (Å²) in [5.41, 5.74) is 0.970. The van der Waals surface area contributed by atoms with E-state index in [0.29, 0.717) is 11.7 Å². The van der Waals surface area contributed by atoms with Gasteiger partial charge < -0.3 is 9.47 Å². The number of hydrogen-bond donors (Lipinski definition) is 0. The summed E-state index contributed by atoms with van der Waals surface area (Å²) in [4.78, 5) is 0. The minimum absolute atomic E-state index is 0.0779. The van der Waals surface area contributed by atoms with Gasteiger partial charge in [0.2, 0.25) is 0 Å². The molecule has 17 heavy (non-hydrogen) atoms. The molecule has 1 aromatic rings. The highest BCUT2D eigenvalue weighted by molar-refractivity contribution is 5.37. The van der Waals surface area contributed by atoms with Gasteiger partial charge in [0.1, 0.15) is 0 Å². The van der Waals surface area contributed by atoms with Crippen LogP contribution in [0.15, 0.2) is 12.1 Å². The summed E-state index contributed by atoms with van der Waals surface area (Å²) in [6.07, 6.45) is 5.95. The standard InChI is InChI=1S/C14H18FO2/c1-16-10-17-14-12(8-5-9-13(14)15)11-6-3-2-4-7-11/h5,8,11H,2-4,6-7,10H2,1H3. The Morgan fingerprint density at radius 2 is 2.12 bits per heavy atom. The number of benzene rings is 1. The minimum Gasteiger partial charge on any atom is -0.464 e. The van der Waals surface area contributed by atoms with Crippen molar-refractivity contribution in [2.45, 2.75) is 38.0 Å². The third-order valence-electron chi connectivity index (χ3n) is 3.30. The summed E-state index contributed by atoms with van der Waals surface area (Å²) in [6.45, 7) is 0.0779. The SMILES string of the molecule is COCOc1c(F)[c]ccc1C1CCCCC1. The number of ether oxygens (including phenoxy) is 2. The molecule has 0 aromatic heterocycles. The molecule has 93 valence electrons. The topological polar surface area (TPSA) is 18.5 Å². The number of rotatable bonds is 4. The first-order chi connectivity index (χ1) is 8.33. The zero-order valence-corrected chi connectivity index (χ0v) is 10.2. The van der Waals surface area contributed by atoms with Crippen LogP contribution in [-0.2, 0) is 4.74 Å². The zero-order chi connectivity index (χ0) is 12.1. The molecular weight excluding hydrogens is 219 g/mol. The summed E-state index contributed by atoms with van der Waals surface area (Å²) in [7, 11) is 1.53. The van der Waals surface area contributed by atoms with E-state index < -0.39 is 5.82 Å². The zero-order valence-electron chi connectivity index (χ0n) is 10.2. The van der Waals surface area contributed by atoms with Gasteiger partial charge in [-0.1, -0.05) is 31.4 Å². The van der Waals surface area contributed by atoms with Crippen molar-refractivity contribution in [3.8, 4) is 5.75 Å². The van der Waals surface area contributed by atoms with Crippen molar-refractivity contribution in [2.75, 3.05) is 13.9 Å². The Morgan fingerprint density at radius 1 is 1.35 bits per heavy atom. The van der Waals surface area contributed by atoms with E-state index in [-0.39, 0.29) is 6.79 Å². The Labute approximate surface area is 102 Å². The molecule has 1 aliphatic rings. The molecule has 0 heterocycles. The van der Waals surface area contributed by atoms with E-state index in [4.69, 9.17) is 9.47 Å². The monoisotopic (exact) mass is 237 g/mol. The van der Waals surface area contributed by atoms with Crippen molar-refractivity contribution in [3.05, 3.63) is 29.6 Å². The van der Waals surface area contributed by atoms with Crippen LogP contribution in [0.5, 0.6) is 5.75 Å². The molecule has 0 atom stereocenters. The van der Waals surface area contributed by atoms with Gasteiger partial charge in [0.15, 0.2) is 18.4 Å². The maximum atomic E-state index is 13.7. The van der Waals surface area contributed by atoms with Crippen LogP contribution in [-0.4, -0.2) is 13.9 Å². The molecule has 0 amide bonds. The molecule has 2 nitrogen and oxygen atoms in total. The molecule has 0 aliphatic heterocycles. The van der Waals surface area contributed by atoms with E-state index in [1.807, 2.05) is 6.07 Å². The fourth-order valence-electron chi connectivity index (χ4n) is 2.47. The number of methoxy groups -OCH3 is 1. The molecule has 0 saturated heterocycles. The third-order valence-corrected chi connectivity index (χ3v) is 3.30. The van der Waals surface area contributed by atoms with Crippen LogP contribution in [0.1, 0.15) is 43.6 Å². The molecular formula is C14H18FO2. The molecule has 1 aliphatic carbocycles. The first-order valence-corrected chi connectivity index (χ1v) is 6.14. The summed E-state index contributed by atoms with van der Waals surface area (Å²) in [5.74, 6) is 0.325. The van der Waals surface area contributed by atoms with Gasteiger partial charge in [0.25, 0.3) is 0 Å². The molecule has 1 saturated carbocycles.